The van der Waals surface area contributed by atoms with E-state index in [4.69, 9.17) is 4.74 Å². The van der Waals surface area contributed by atoms with Crippen LogP contribution in [0.4, 0.5) is 4.39 Å². The van der Waals surface area contributed by atoms with E-state index < -0.39 is 0 Å². The van der Waals surface area contributed by atoms with Crippen LogP contribution in [-0.4, -0.2) is 73.1 Å². The molecule has 2 saturated heterocycles. The summed E-state index contributed by atoms with van der Waals surface area (Å²) in [4.78, 5) is 28.5. The molecule has 2 fully saturated rings. The molecule has 25 heavy (non-hydrogen) atoms. The number of benzene rings is 1. The first-order chi connectivity index (χ1) is 12.1. The molecule has 2 heterocycles. The molecule has 0 aliphatic carbocycles. The second-order valence-electron chi connectivity index (χ2n) is 6.48. The average Bonchev–Trinajstić information content (AvgIpc) is 2.63. The van der Waals surface area contributed by atoms with E-state index in [0.717, 1.165) is 0 Å². The molecule has 1 N–H and O–H groups in total. The highest BCUT2D eigenvalue weighted by Gasteiger charge is 2.33. The summed E-state index contributed by atoms with van der Waals surface area (Å²) in [7, 11) is 0. The highest BCUT2D eigenvalue weighted by Crippen LogP contribution is 2.13. The van der Waals surface area contributed by atoms with Crippen molar-refractivity contribution in [2.45, 2.75) is 25.5 Å². The van der Waals surface area contributed by atoms with Gasteiger partial charge in [-0.1, -0.05) is 18.2 Å². The van der Waals surface area contributed by atoms with Gasteiger partial charge in [0.2, 0.25) is 11.8 Å². The Hall–Kier alpha value is -1.99. The van der Waals surface area contributed by atoms with Gasteiger partial charge in [0.1, 0.15) is 11.9 Å². The summed E-state index contributed by atoms with van der Waals surface area (Å²) in [5, 5.41) is 3.20. The van der Waals surface area contributed by atoms with Crippen molar-refractivity contribution in [3.63, 3.8) is 0 Å². The van der Waals surface area contributed by atoms with Gasteiger partial charge in [0, 0.05) is 32.7 Å². The van der Waals surface area contributed by atoms with E-state index >= 15 is 0 Å². The van der Waals surface area contributed by atoms with Crippen LogP contribution < -0.4 is 5.32 Å². The van der Waals surface area contributed by atoms with E-state index in [-0.39, 0.29) is 36.2 Å². The number of piperazine rings is 1. The predicted molar refractivity (Wildman–Crippen MR) is 90.5 cm³/mol. The minimum absolute atomic E-state index is 0.0217. The summed E-state index contributed by atoms with van der Waals surface area (Å²) in [5.41, 5.74) is 0.406. The Morgan fingerprint density at radius 2 is 1.88 bits per heavy atom. The van der Waals surface area contributed by atoms with Crippen molar-refractivity contribution < 1.29 is 18.7 Å². The van der Waals surface area contributed by atoms with E-state index in [9.17, 15) is 14.0 Å². The second-order valence-corrected chi connectivity index (χ2v) is 6.48. The van der Waals surface area contributed by atoms with Gasteiger partial charge in [0.15, 0.2) is 0 Å². The molecule has 2 atom stereocenters. The molecule has 0 radical (unpaired) electrons. The maximum absolute atomic E-state index is 13.7. The van der Waals surface area contributed by atoms with Crippen molar-refractivity contribution in [2.24, 2.45) is 0 Å². The van der Waals surface area contributed by atoms with Gasteiger partial charge in [-0.25, -0.2) is 4.39 Å². The van der Waals surface area contributed by atoms with E-state index in [1.165, 1.54) is 6.07 Å². The van der Waals surface area contributed by atoms with Gasteiger partial charge >= 0.3 is 0 Å². The third kappa shape index (κ3) is 4.16. The monoisotopic (exact) mass is 349 g/mol. The number of amides is 2. The number of hydrogen-bond acceptors (Lipinski definition) is 4. The number of carbonyl (C=O) groups is 2. The molecular weight excluding hydrogens is 325 g/mol. The predicted octanol–water partition coefficient (Wildman–Crippen LogP) is 0.416. The minimum atomic E-state index is -0.359. The van der Waals surface area contributed by atoms with E-state index in [2.05, 4.69) is 5.32 Å². The summed E-state index contributed by atoms with van der Waals surface area (Å²) in [5.74, 6) is -0.444. The Balaban J connectivity index is 1.52. The van der Waals surface area contributed by atoms with Gasteiger partial charge in [0.05, 0.1) is 19.1 Å². The lowest BCUT2D eigenvalue weighted by molar-refractivity contribution is -0.144. The molecule has 7 heteroatoms. The smallest absolute Gasteiger partial charge is 0.242 e. The van der Waals surface area contributed by atoms with Crippen LogP contribution in [0.3, 0.4) is 0 Å². The summed E-state index contributed by atoms with van der Waals surface area (Å²) in [6.07, 6.45) is -0.0997. The molecule has 0 aromatic heterocycles. The first kappa shape index (κ1) is 17.8. The fraction of sp³-hybridized carbons (Fsp3) is 0.556. The van der Waals surface area contributed by atoms with Crippen LogP contribution in [0.2, 0.25) is 0 Å². The zero-order valence-electron chi connectivity index (χ0n) is 14.4. The normalized spacial score (nSPS) is 24.2. The maximum Gasteiger partial charge on any atom is 0.242 e. The fourth-order valence-electron chi connectivity index (χ4n) is 3.30. The van der Waals surface area contributed by atoms with Crippen LogP contribution >= 0.6 is 0 Å². The van der Waals surface area contributed by atoms with Crippen LogP contribution in [0.15, 0.2) is 24.3 Å². The number of nitrogens with zero attached hydrogens (tertiary/aromatic N) is 2. The highest BCUT2D eigenvalue weighted by molar-refractivity contribution is 5.83. The fourth-order valence-corrected chi connectivity index (χ4v) is 3.30. The molecule has 0 spiro atoms. The molecule has 1 aromatic rings. The van der Waals surface area contributed by atoms with Crippen LogP contribution in [0, 0.1) is 5.82 Å². The molecule has 2 aliphatic heterocycles. The highest BCUT2D eigenvalue weighted by atomic mass is 19.1. The number of carbonyl (C=O) groups excluding carboxylic acids is 2. The number of rotatable bonds is 3. The zero-order valence-corrected chi connectivity index (χ0v) is 14.4. The Bertz CT molecular complexity index is 632. The van der Waals surface area contributed by atoms with Gasteiger partial charge in [-0.15, -0.1) is 0 Å². The standard InChI is InChI=1S/C18H24FN3O3/c1-13-17(20-6-11-25-13)18(24)22-9-7-21(8-10-22)16(23)12-14-4-2-3-5-15(14)19/h2-5,13,17,20H,6-12H2,1H3/t13-,17+/m1/s1. The van der Waals surface area contributed by atoms with E-state index in [1.807, 2.05) is 6.92 Å². The third-order valence-electron chi connectivity index (χ3n) is 4.83. The summed E-state index contributed by atoms with van der Waals surface area (Å²) in [6.45, 7) is 5.11. The van der Waals surface area contributed by atoms with Crippen molar-refractivity contribution in [2.75, 3.05) is 39.3 Å². The first-order valence-corrected chi connectivity index (χ1v) is 8.71. The van der Waals surface area contributed by atoms with Crippen LogP contribution in [0.5, 0.6) is 0 Å². The summed E-state index contributed by atoms with van der Waals surface area (Å²) >= 11 is 0. The lowest BCUT2D eigenvalue weighted by atomic mass is 10.1. The number of morpholine rings is 1. The Morgan fingerprint density at radius 3 is 2.56 bits per heavy atom. The Morgan fingerprint density at radius 1 is 1.20 bits per heavy atom. The van der Waals surface area contributed by atoms with Crippen molar-refractivity contribution in [1.29, 1.82) is 0 Å². The molecule has 0 unspecified atom stereocenters. The number of halogens is 1. The third-order valence-corrected chi connectivity index (χ3v) is 4.83. The molecule has 6 nitrogen and oxygen atoms in total. The largest absolute Gasteiger partial charge is 0.375 e. The number of nitrogens with one attached hydrogen (secondary N) is 1. The zero-order chi connectivity index (χ0) is 17.8. The first-order valence-electron chi connectivity index (χ1n) is 8.71. The van der Waals surface area contributed by atoms with Gasteiger partial charge < -0.3 is 19.9 Å². The lowest BCUT2D eigenvalue weighted by Gasteiger charge is -2.38. The molecule has 1 aromatic carbocycles. The lowest BCUT2D eigenvalue weighted by Crippen LogP contribution is -2.60. The van der Waals surface area contributed by atoms with Gasteiger partial charge in [-0.3, -0.25) is 9.59 Å². The second kappa shape index (κ2) is 7.93. The van der Waals surface area contributed by atoms with Crippen molar-refractivity contribution in [1.82, 2.24) is 15.1 Å². The SMILES string of the molecule is C[C@H]1OCCN[C@@H]1C(=O)N1CCN(C(=O)Cc2ccccc2F)CC1. The van der Waals surface area contributed by atoms with Crippen molar-refractivity contribution in [3.8, 4) is 0 Å². The van der Waals surface area contributed by atoms with Gasteiger partial charge in [-0.2, -0.15) is 0 Å². The molecule has 2 aliphatic rings. The molecule has 3 rings (SSSR count). The van der Waals surface area contributed by atoms with Gasteiger partial charge in [0.25, 0.3) is 0 Å². The summed E-state index contributed by atoms with van der Waals surface area (Å²) < 4.78 is 19.2. The van der Waals surface area contributed by atoms with Gasteiger partial charge in [-0.05, 0) is 18.6 Å². The molecular formula is C18H24FN3O3. The van der Waals surface area contributed by atoms with E-state index in [1.54, 1.807) is 28.0 Å². The van der Waals surface area contributed by atoms with Crippen molar-refractivity contribution >= 4 is 11.8 Å². The van der Waals surface area contributed by atoms with E-state index in [0.29, 0.717) is 44.9 Å². The van der Waals surface area contributed by atoms with Crippen LogP contribution in [0.1, 0.15) is 12.5 Å². The Labute approximate surface area is 146 Å². The molecule has 0 bridgehead atoms. The number of ether oxygens (including phenoxy) is 1. The topological polar surface area (TPSA) is 61.9 Å². The molecule has 136 valence electrons. The van der Waals surface area contributed by atoms with Crippen molar-refractivity contribution in [3.05, 3.63) is 35.6 Å². The molecule has 0 saturated carbocycles. The Kier molecular flexibility index (Phi) is 5.65. The number of hydrogen-bond donors (Lipinski definition) is 1. The quantitative estimate of drug-likeness (QED) is 0.859. The van der Waals surface area contributed by atoms with Crippen LogP contribution in [-0.2, 0) is 20.7 Å². The molecule has 2 amide bonds. The summed E-state index contributed by atoms with van der Waals surface area (Å²) in [6, 6.07) is 6.00. The average molecular weight is 349 g/mol. The minimum Gasteiger partial charge on any atom is -0.375 e. The maximum atomic E-state index is 13.7. The van der Waals surface area contributed by atoms with Crippen LogP contribution in [0.25, 0.3) is 0 Å².